The highest BCUT2D eigenvalue weighted by Gasteiger charge is 2.13. The standard InChI is InChI=1S/C20H17BrN4O3/c1-13-10-16(14(2)24(13)19-9-4-3-8-18(19)21)12-22-23-20(26)15-6-5-7-17(11-15)25(27)28/h3-12H,1-2H3,(H,23,26)/b22-12+. The summed E-state index contributed by atoms with van der Waals surface area (Å²) in [5.74, 6) is -0.514. The number of nitrogens with one attached hydrogen (secondary N) is 1. The molecule has 0 aliphatic heterocycles. The highest BCUT2D eigenvalue weighted by atomic mass is 79.9. The molecule has 28 heavy (non-hydrogen) atoms. The number of nitro benzene ring substituents is 1. The number of nitro groups is 1. The molecule has 1 amide bonds. The number of para-hydroxylation sites is 1. The van der Waals surface area contributed by atoms with Crippen LogP contribution < -0.4 is 5.43 Å². The Labute approximate surface area is 170 Å². The van der Waals surface area contributed by atoms with Crippen molar-refractivity contribution >= 4 is 33.7 Å². The molecule has 142 valence electrons. The average Bonchev–Trinajstić information content (AvgIpc) is 2.96. The van der Waals surface area contributed by atoms with Crippen molar-refractivity contribution in [2.75, 3.05) is 0 Å². The molecule has 7 nitrogen and oxygen atoms in total. The largest absolute Gasteiger partial charge is 0.317 e. The predicted octanol–water partition coefficient (Wildman–Crippen LogP) is 4.53. The lowest BCUT2D eigenvalue weighted by Crippen LogP contribution is -2.17. The van der Waals surface area contributed by atoms with Gasteiger partial charge in [-0.25, -0.2) is 5.43 Å². The first-order valence-corrected chi connectivity index (χ1v) is 9.19. The topological polar surface area (TPSA) is 89.5 Å². The Morgan fingerprint density at radius 2 is 1.93 bits per heavy atom. The SMILES string of the molecule is Cc1cc(/C=N/NC(=O)c2cccc([N+](=O)[O-])c2)c(C)n1-c1ccccc1Br. The van der Waals surface area contributed by atoms with Crippen molar-refractivity contribution < 1.29 is 9.72 Å². The lowest BCUT2D eigenvalue weighted by atomic mass is 10.2. The lowest BCUT2D eigenvalue weighted by molar-refractivity contribution is -0.384. The van der Waals surface area contributed by atoms with Gasteiger partial charge in [0.1, 0.15) is 0 Å². The third kappa shape index (κ3) is 4.01. The van der Waals surface area contributed by atoms with Gasteiger partial charge in [0, 0.05) is 39.1 Å². The van der Waals surface area contributed by atoms with Gasteiger partial charge in [-0.05, 0) is 54.0 Å². The predicted molar refractivity (Wildman–Crippen MR) is 111 cm³/mol. The Morgan fingerprint density at radius 1 is 1.18 bits per heavy atom. The number of hydrazone groups is 1. The van der Waals surface area contributed by atoms with Gasteiger partial charge in [0.05, 0.1) is 16.8 Å². The zero-order valence-electron chi connectivity index (χ0n) is 15.2. The molecular formula is C20H17BrN4O3. The summed E-state index contributed by atoms with van der Waals surface area (Å²) >= 11 is 3.56. The van der Waals surface area contributed by atoms with Gasteiger partial charge < -0.3 is 4.57 Å². The molecule has 0 radical (unpaired) electrons. The van der Waals surface area contributed by atoms with E-state index in [0.717, 1.165) is 27.1 Å². The molecule has 8 heteroatoms. The molecule has 1 N–H and O–H groups in total. The maximum Gasteiger partial charge on any atom is 0.271 e. The minimum Gasteiger partial charge on any atom is -0.317 e. The summed E-state index contributed by atoms with van der Waals surface area (Å²) in [5, 5.41) is 14.8. The molecule has 3 aromatic rings. The molecule has 0 saturated carbocycles. The fourth-order valence-electron chi connectivity index (χ4n) is 2.91. The van der Waals surface area contributed by atoms with Crippen LogP contribution in [-0.4, -0.2) is 21.6 Å². The van der Waals surface area contributed by atoms with E-state index in [1.54, 1.807) is 6.21 Å². The van der Waals surface area contributed by atoms with Gasteiger partial charge in [0.15, 0.2) is 0 Å². The Hall–Kier alpha value is -3.26. The number of carbonyl (C=O) groups is 1. The Kier molecular flexibility index (Phi) is 5.70. The van der Waals surface area contributed by atoms with Gasteiger partial charge in [0.25, 0.3) is 11.6 Å². The van der Waals surface area contributed by atoms with Crippen LogP contribution >= 0.6 is 15.9 Å². The number of aryl methyl sites for hydroxylation is 1. The minimum absolute atomic E-state index is 0.145. The highest BCUT2D eigenvalue weighted by Crippen LogP contribution is 2.26. The smallest absolute Gasteiger partial charge is 0.271 e. The van der Waals surface area contributed by atoms with E-state index in [1.165, 1.54) is 24.3 Å². The van der Waals surface area contributed by atoms with Gasteiger partial charge in [-0.3, -0.25) is 14.9 Å². The first-order chi connectivity index (χ1) is 13.4. The van der Waals surface area contributed by atoms with E-state index in [-0.39, 0.29) is 11.3 Å². The van der Waals surface area contributed by atoms with Gasteiger partial charge in [-0.1, -0.05) is 18.2 Å². The number of non-ortho nitro benzene ring substituents is 1. The molecule has 0 aliphatic carbocycles. The van der Waals surface area contributed by atoms with E-state index in [0.29, 0.717) is 0 Å². The van der Waals surface area contributed by atoms with E-state index in [9.17, 15) is 14.9 Å². The zero-order chi connectivity index (χ0) is 20.3. The summed E-state index contributed by atoms with van der Waals surface area (Å²) < 4.78 is 3.06. The van der Waals surface area contributed by atoms with Crippen molar-refractivity contribution in [1.82, 2.24) is 9.99 Å². The van der Waals surface area contributed by atoms with Gasteiger partial charge >= 0.3 is 0 Å². The second-order valence-electron chi connectivity index (χ2n) is 6.12. The summed E-state index contributed by atoms with van der Waals surface area (Å²) in [6.45, 7) is 3.96. The Morgan fingerprint density at radius 3 is 2.64 bits per heavy atom. The van der Waals surface area contributed by atoms with E-state index >= 15 is 0 Å². The molecule has 0 spiro atoms. The average molecular weight is 441 g/mol. The quantitative estimate of drug-likeness (QED) is 0.359. The third-order valence-corrected chi connectivity index (χ3v) is 4.92. The van der Waals surface area contributed by atoms with Crippen LogP contribution in [0, 0.1) is 24.0 Å². The molecule has 3 rings (SSSR count). The number of benzene rings is 2. The van der Waals surface area contributed by atoms with Gasteiger partial charge in [0.2, 0.25) is 0 Å². The summed E-state index contributed by atoms with van der Waals surface area (Å²) in [5.41, 5.74) is 6.30. The van der Waals surface area contributed by atoms with E-state index < -0.39 is 10.8 Å². The monoisotopic (exact) mass is 440 g/mol. The highest BCUT2D eigenvalue weighted by molar-refractivity contribution is 9.10. The normalized spacial score (nSPS) is 11.0. The van der Waals surface area contributed by atoms with Crippen molar-refractivity contribution in [1.29, 1.82) is 0 Å². The maximum absolute atomic E-state index is 12.2. The Balaban J connectivity index is 1.79. The first kappa shape index (κ1) is 19.5. The molecule has 1 heterocycles. The van der Waals surface area contributed by atoms with Crippen LogP contribution in [0.4, 0.5) is 5.69 Å². The molecule has 0 fully saturated rings. The number of rotatable bonds is 5. The van der Waals surface area contributed by atoms with Crippen LogP contribution in [0.3, 0.4) is 0 Å². The summed E-state index contributed by atoms with van der Waals surface area (Å²) in [6.07, 6.45) is 1.56. The maximum atomic E-state index is 12.2. The lowest BCUT2D eigenvalue weighted by Gasteiger charge is -2.11. The zero-order valence-corrected chi connectivity index (χ0v) is 16.8. The third-order valence-electron chi connectivity index (χ3n) is 4.25. The minimum atomic E-state index is -0.545. The number of amides is 1. The van der Waals surface area contributed by atoms with Crippen LogP contribution in [0.15, 0.2) is 64.2 Å². The molecule has 0 atom stereocenters. The van der Waals surface area contributed by atoms with E-state index in [4.69, 9.17) is 0 Å². The van der Waals surface area contributed by atoms with Gasteiger partial charge in [-0.15, -0.1) is 0 Å². The van der Waals surface area contributed by atoms with E-state index in [1.807, 2.05) is 44.2 Å². The van der Waals surface area contributed by atoms with Crippen LogP contribution in [0.1, 0.15) is 27.3 Å². The van der Waals surface area contributed by atoms with Crippen LogP contribution in [0.5, 0.6) is 0 Å². The van der Waals surface area contributed by atoms with Crippen molar-refractivity contribution in [3.8, 4) is 5.69 Å². The molecule has 0 bridgehead atoms. The van der Waals surface area contributed by atoms with E-state index in [2.05, 4.69) is 31.0 Å². The number of halogens is 1. The van der Waals surface area contributed by atoms with Crippen LogP contribution in [0.25, 0.3) is 5.69 Å². The fourth-order valence-corrected chi connectivity index (χ4v) is 3.37. The summed E-state index contributed by atoms with van der Waals surface area (Å²) in [4.78, 5) is 22.5. The number of hydrogen-bond donors (Lipinski definition) is 1. The molecular weight excluding hydrogens is 424 g/mol. The number of aromatic nitrogens is 1. The van der Waals surface area contributed by atoms with Gasteiger partial charge in [-0.2, -0.15) is 5.10 Å². The van der Waals surface area contributed by atoms with Crippen molar-refractivity contribution in [2.45, 2.75) is 13.8 Å². The van der Waals surface area contributed by atoms with Crippen molar-refractivity contribution in [3.05, 3.63) is 91.7 Å². The van der Waals surface area contributed by atoms with Crippen molar-refractivity contribution in [3.63, 3.8) is 0 Å². The molecule has 0 unspecified atom stereocenters. The number of carbonyl (C=O) groups excluding carboxylic acids is 1. The number of hydrogen-bond acceptors (Lipinski definition) is 4. The fraction of sp³-hybridized carbons (Fsp3) is 0.100. The van der Waals surface area contributed by atoms with Crippen molar-refractivity contribution in [2.24, 2.45) is 5.10 Å². The first-order valence-electron chi connectivity index (χ1n) is 8.40. The van der Waals surface area contributed by atoms with Crippen LogP contribution in [-0.2, 0) is 0 Å². The molecule has 0 saturated heterocycles. The Bertz CT molecular complexity index is 1090. The molecule has 2 aromatic carbocycles. The summed E-state index contributed by atoms with van der Waals surface area (Å²) in [6, 6.07) is 15.4. The molecule has 0 aliphatic rings. The second-order valence-corrected chi connectivity index (χ2v) is 6.97. The molecule has 1 aromatic heterocycles. The van der Waals surface area contributed by atoms with Crippen LogP contribution in [0.2, 0.25) is 0 Å². The summed E-state index contributed by atoms with van der Waals surface area (Å²) in [7, 11) is 0. The number of nitrogens with zero attached hydrogens (tertiary/aromatic N) is 3. The second kappa shape index (κ2) is 8.18.